The van der Waals surface area contributed by atoms with Gasteiger partial charge >= 0.3 is 0 Å². The molecule has 0 atom stereocenters. The van der Waals surface area contributed by atoms with Crippen molar-refractivity contribution in [1.29, 1.82) is 0 Å². The van der Waals surface area contributed by atoms with Crippen molar-refractivity contribution in [3.05, 3.63) is 48.2 Å². The average Bonchev–Trinajstić information content (AvgIpc) is 3.04. The smallest absolute Gasteiger partial charge is 0.241 e. The normalized spacial score (nSPS) is 10.8. The zero-order valence-electron chi connectivity index (χ0n) is 11.0. The fourth-order valence-electron chi connectivity index (χ4n) is 1.88. The van der Waals surface area contributed by atoms with Crippen LogP contribution in [0.2, 0.25) is 0 Å². The zero-order valence-corrected chi connectivity index (χ0v) is 11.8. The number of nitrogens with zero attached hydrogens (tertiary/aromatic N) is 4. The van der Waals surface area contributed by atoms with Gasteiger partial charge in [0.25, 0.3) is 0 Å². The number of alkyl halides is 1. The Kier molecular flexibility index (Phi) is 3.89. The van der Waals surface area contributed by atoms with Gasteiger partial charge in [0, 0.05) is 17.7 Å². The highest BCUT2D eigenvalue weighted by atomic mass is 35.5. The van der Waals surface area contributed by atoms with Crippen LogP contribution in [0, 0.1) is 0 Å². The minimum atomic E-state index is 0.202. The molecular weight excluding hydrogens is 290 g/mol. The van der Waals surface area contributed by atoms with Crippen LogP contribution in [0.5, 0.6) is 0 Å². The predicted molar refractivity (Wildman–Crippen MR) is 78.2 cm³/mol. The Morgan fingerprint density at radius 2 is 1.86 bits per heavy atom. The van der Waals surface area contributed by atoms with Gasteiger partial charge in [0.05, 0.1) is 11.4 Å². The molecule has 0 amide bonds. The molecule has 0 unspecified atom stereocenters. The molecule has 1 aromatic carbocycles. The Morgan fingerprint density at radius 3 is 2.52 bits per heavy atom. The second kappa shape index (κ2) is 5.99. The molecule has 21 heavy (non-hydrogen) atoms. The van der Waals surface area contributed by atoms with E-state index in [-0.39, 0.29) is 5.88 Å². The van der Waals surface area contributed by atoms with E-state index >= 15 is 0 Å². The first-order valence-corrected chi connectivity index (χ1v) is 6.84. The van der Waals surface area contributed by atoms with Crippen LogP contribution in [0.25, 0.3) is 22.6 Å². The molecule has 2 heterocycles. The van der Waals surface area contributed by atoms with Gasteiger partial charge in [0.2, 0.25) is 11.7 Å². The van der Waals surface area contributed by atoms with E-state index in [1.807, 2.05) is 30.3 Å². The second-order valence-electron chi connectivity index (χ2n) is 4.32. The summed E-state index contributed by atoms with van der Waals surface area (Å²) >= 11 is 5.64. The minimum Gasteiger partial charge on any atom is -0.338 e. The molecular formula is C14H12ClN5O. The van der Waals surface area contributed by atoms with Gasteiger partial charge in [0.15, 0.2) is 0 Å². The summed E-state index contributed by atoms with van der Waals surface area (Å²) in [7, 11) is 0. The first kappa shape index (κ1) is 13.7. The van der Waals surface area contributed by atoms with Crippen LogP contribution < -0.4 is 5.73 Å². The van der Waals surface area contributed by atoms with Gasteiger partial charge in [-0.25, -0.2) is 9.97 Å². The number of halogens is 1. The molecule has 3 rings (SSSR count). The molecule has 0 aliphatic rings. The topological polar surface area (TPSA) is 90.7 Å². The van der Waals surface area contributed by atoms with Crippen molar-refractivity contribution in [2.24, 2.45) is 5.73 Å². The lowest BCUT2D eigenvalue weighted by Crippen LogP contribution is -2.00. The third-order valence-electron chi connectivity index (χ3n) is 2.95. The van der Waals surface area contributed by atoms with E-state index < -0.39 is 0 Å². The lowest BCUT2D eigenvalue weighted by Gasteiger charge is -2.03. The van der Waals surface area contributed by atoms with Crippen molar-refractivity contribution < 1.29 is 4.52 Å². The Labute approximate surface area is 126 Å². The second-order valence-corrected chi connectivity index (χ2v) is 4.59. The van der Waals surface area contributed by atoms with E-state index in [9.17, 15) is 0 Å². The largest absolute Gasteiger partial charge is 0.338 e. The van der Waals surface area contributed by atoms with Crippen molar-refractivity contribution in [1.82, 2.24) is 20.1 Å². The third-order valence-corrected chi connectivity index (χ3v) is 3.18. The monoisotopic (exact) mass is 301 g/mol. The van der Waals surface area contributed by atoms with Gasteiger partial charge in [-0.05, 0) is 6.07 Å². The summed E-state index contributed by atoms with van der Waals surface area (Å²) in [6.45, 7) is 0.387. The van der Waals surface area contributed by atoms with Gasteiger partial charge in [-0.1, -0.05) is 29.4 Å². The fraction of sp³-hybridized carbons (Fsp3) is 0.143. The van der Waals surface area contributed by atoms with Crippen molar-refractivity contribution in [2.75, 3.05) is 0 Å². The van der Waals surface area contributed by atoms with Gasteiger partial charge in [-0.15, -0.1) is 11.6 Å². The first-order valence-electron chi connectivity index (χ1n) is 6.30. The Hall–Kier alpha value is -2.31. The maximum Gasteiger partial charge on any atom is 0.241 e. The molecule has 6 nitrogen and oxygen atoms in total. The molecule has 3 aromatic rings. The summed E-state index contributed by atoms with van der Waals surface area (Å²) < 4.78 is 4.99. The molecule has 106 valence electrons. The van der Waals surface area contributed by atoms with Crippen LogP contribution >= 0.6 is 11.6 Å². The summed E-state index contributed by atoms with van der Waals surface area (Å²) in [6, 6.07) is 9.56. The zero-order chi connectivity index (χ0) is 14.7. The van der Waals surface area contributed by atoms with E-state index in [1.165, 1.54) is 6.33 Å². The van der Waals surface area contributed by atoms with Crippen LogP contribution in [-0.2, 0) is 12.4 Å². The minimum absolute atomic E-state index is 0.202. The molecule has 0 aliphatic carbocycles. The highest BCUT2D eigenvalue weighted by Gasteiger charge is 2.08. The number of nitrogens with two attached hydrogens (primary N) is 1. The maximum atomic E-state index is 5.64. The Bertz CT molecular complexity index is 741. The van der Waals surface area contributed by atoms with Gasteiger partial charge < -0.3 is 10.3 Å². The van der Waals surface area contributed by atoms with Crippen molar-refractivity contribution in [3.8, 4) is 22.6 Å². The number of rotatable bonds is 4. The van der Waals surface area contributed by atoms with Gasteiger partial charge in [-0.3, -0.25) is 0 Å². The summed E-state index contributed by atoms with van der Waals surface area (Å²) in [5.41, 5.74) is 9.03. The van der Waals surface area contributed by atoms with Crippen LogP contribution in [0.1, 0.15) is 11.6 Å². The SMILES string of the molecule is NCc1cc(-c2ccc(-c3noc(CCl)n3)cc2)ncn1. The lowest BCUT2D eigenvalue weighted by atomic mass is 10.1. The fourth-order valence-corrected chi connectivity index (χ4v) is 1.99. The van der Waals surface area contributed by atoms with Crippen molar-refractivity contribution >= 4 is 11.6 Å². The molecule has 0 spiro atoms. The van der Waals surface area contributed by atoms with E-state index in [1.54, 1.807) is 0 Å². The molecule has 7 heteroatoms. The standard InChI is InChI=1S/C14H12ClN5O/c15-6-13-19-14(20-21-13)10-3-1-9(2-4-10)12-5-11(7-16)17-8-18-12/h1-5,8H,6-7,16H2. The van der Waals surface area contributed by atoms with Crippen LogP contribution in [0.3, 0.4) is 0 Å². The molecule has 0 fully saturated rings. The van der Waals surface area contributed by atoms with Crippen LogP contribution in [0.15, 0.2) is 41.2 Å². The predicted octanol–water partition coefficient (Wildman–Crippen LogP) is 2.39. The molecule has 0 bridgehead atoms. The molecule has 2 N–H and O–H groups in total. The van der Waals surface area contributed by atoms with Gasteiger partial charge in [0.1, 0.15) is 12.2 Å². The molecule has 2 aromatic heterocycles. The average molecular weight is 302 g/mol. The first-order chi connectivity index (χ1) is 10.3. The highest BCUT2D eigenvalue weighted by Crippen LogP contribution is 2.22. The van der Waals surface area contributed by atoms with E-state index in [0.29, 0.717) is 18.3 Å². The molecule has 0 aliphatic heterocycles. The third kappa shape index (κ3) is 2.91. The Balaban J connectivity index is 1.89. The number of hydrogen-bond donors (Lipinski definition) is 1. The Morgan fingerprint density at radius 1 is 1.10 bits per heavy atom. The summed E-state index contributed by atoms with van der Waals surface area (Å²) in [5.74, 6) is 1.12. The van der Waals surface area contributed by atoms with E-state index in [4.69, 9.17) is 21.9 Å². The highest BCUT2D eigenvalue weighted by molar-refractivity contribution is 6.16. The molecule has 0 saturated carbocycles. The van der Waals surface area contributed by atoms with E-state index in [0.717, 1.165) is 22.5 Å². The number of aromatic nitrogens is 4. The quantitative estimate of drug-likeness (QED) is 0.744. The van der Waals surface area contributed by atoms with E-state index in [2.05, 4.69) is 20.1 Å². The summed E-state index contributed by atoms with van der Waals surface area (Å²) in [6.07, 6.45) is 1.51. The summed E-state index contributed by atoms with van der Waals surface area (Å²) in [4.78, 5) is 12.5. The van der Waals surface area contributed by atoms with Crippen molar-refractivity contribution in [2.45, 2.75) is 12.4 Å². The number of hydrogen-bond acceptors (Lipinski definition) is 6. The lowest BCUT2D eigenvalue weighted by molar-refractivity contribution is 0.391. The van der Waals surface area contributed by atoms with Crippen LogP contribution in [0.4, 0.5) is 0 Å². The molecule has 0 saturated heterocycles. The number of benzene rings is 1. The molecule has 0 radical (unpaired) electrons. The van der Waals surface area contributed by atoms with Crippen molar-refractivity contribution in [3.63, 3.8) is 0 Å². The summed E-state index contributed by atoms with van der Waals surface area (Å²) in [5, 5.41) is 3.87. The van der Waals surface area contributed by atoms with Gasteiger partial charge in [-0.2, -0.15) is 4.98 Å². The maximum absolute atomic E-state index is 5.64. The van der Waals surface area contributed by atoms with Crippen LogP contribution in [-0.4, -0.2) is 20.1 Å².